The van der Waals surface area contributed by atoms with Crippen LogP contribution in [0.1, 0.15) is 33.2 Å². The quantitative estimate of drug-likeness (QED) is 0.826. The Morgan fingerprint density at radius 1 is 1.00 bits per heavy atom. The molecule has 2 aromatic rings. The molecule has 0 bridgehead atoms. The summed E-state index contributed by atoms with van der Waals surface area (Å²) in [6.07, 6.45) is 3.55. The van der Waals surface area contributed by atoms with Gasteiger partial charge in [0, 0.05) is 5.92 Å². The van der Waals surface area contributed by atoms with Gasteiger partial charge < -0.3 is 10.2 Å². The van der Waals surface area contributed by atoms with Crippen molar-refractivity contribution in [2.24, 2.45) is 5.92 Å². The SMILES string of the molecule is CC(/C=C/c1ccccc1)C(=O)c1cccc(C(=O)O)c1O. The Morgan fingerprint density at radius 2 is 1.64 bits per heavy atom. The largest absolute Gasteiger partial charge is 0.506 e. The summed E-state index contributed by atoms with van der Waals surface area (Å²) in [7, 11) is 0. The van der Waals surface area contributed by atoms with Crippen LogP contribution in [-0.4, -0.2) is 22.0 Å². The smallest absolute Gasteiger partial charge is 0.339 e. The molecule has 2 aromatic carbocycles. The fraction of sp³-hybridized carbons (Fsp3) is 0.111. The molecule has 0 saturated heterocycles. The number of aromatic carboxylic acids is 1. The third kappa shape index (κ3) is 3.41. The van der Waals surface area contributed by atoms with E-state index in [4.69, 9.17) is 5.11 Å². The molecule has 0 aliphatic rings. The van der Waals surface area contributed by atoms with Gasteiger partial charge in [0.05, 0.1) is 5.56 Å². The van der Waals surface area contributed by atoms with Crippen molar-refractivity contribution in [3.05, 3.63) is 71.3 Å². The number of hydrogen-bond donors (Lipinski definition) is 2. The Balaban J connectivity index is 2.23. The molecular weight excluding hydrogens is 280 g/mol. The number of rotatable bonds is 5. The van der Waals surface area contributed by atoms with Gasteiger partial charge in [-0.3, -0.25) is 4.79 Å². The summed E-state index contributed by atoms with van der Waals surface area (Å²) in [4.78, 5) is 23.3. The van der Waals surface area contributed by atoms with E-state index in [1.165, 1.54) is 18.2 Å². The Labute approximate surface area is 128 Å². The molecule has 0 fully saturated rings. The number of carbonyl (C=O) groups excluding carboxylic acids is 1. The molecule has 2 N–H and O–H groups in total. The molecule has 1 unspecified atom stereocenters. The maximum atomic E-state index is 12.4. The Hall–Kier alpha value is -2.88. The van der Waals surface area contributed by atoms with Crippen LogP contribution in [0.5, 0.6) is 5.75 Å². The first kappa shape index (κ1) is 15.5. The standard InChI is InChI=1S/C18H16O4/c1-12(10-11-13-6-3-2-4-7-13)16(19)14-8-5-9-15(17(14)20)18(21)22/h2-12,20H,1H3,(H,21,22)/b11-10+. The molecule has 0 heterocycles. The molecule has 4 heteroatoms. The molecule has 4 nitrogen and oxygen atoms in total. The van der Waals surface area contributed by atoms with Gasteiger partial charge in [-0.25, -0.2) is 4.79 Å². The summed E-state index contributed by atoms with van der Waals surface area (Å²) in [5.41, 5.74) is 0.709. The van der Waals surface area contributed by atoms with E-state index in [-0.39, 0.29) is 16.9 Å². The molecule has 0 radical (unpaired) electrons. The fourth-order valence-electron chi connectivity index (χ4n) is 2.07. The van der Waals surface area contributed by atoms with E-state index < -0.39 is 17.6 Å². The van der Waals surface area contributed by atoms with Crippen molar-refractivity contribution in [2.45, 2.75) is 6.92 Å². The van der Waals surface area contributed by atoms with E-state index in [1.54, 1.807) is 13.0 Å². The molecule has 0 aliphatic heterocycles. The lowest BCUT2D eigenvalue weighted by Crippen LogP contribution is -2.10. The van der Waals surface area contributed by atoms with E-state index in [9.17, 15) is 14.7 Å². The molecule has 0 spiro atoms. The third-order valence-corrected chi connectivity index (χ3v) is 3.32. The summed E-state index contributed by atoms with van der Waals surface area (Å²) < 4.78 is 0. The third-order valence-electron chi connectivity index (χ3n) is 3.32. The molecule has 0 aliphatic carbocycles. The van der Waals surface area contributed by atoms with Gasteiger partial charge in [0.1, 0.15) is 11.3 Å². The fourth-order valence-corrected chi connectivity index (χ4v) is 2.07. The molecular formula is C18H16O4. The van der Waals surface area contributed by atoms with Gasteiger partial charge >= 0.3 is 5.97 Å². The topological polar surface area (TPSA) is 74.6 Å². The minimum atomic E-state index is -1.26. The minimum Gasteiger partial charge on any atom is -0.506 e. The van der Waals surface area contributed by atoms with Crippen molar-refractivity contribution in [3.8, 4) is 5.75 Å². The van der Waals surface area contributed by atoms with Crippen LogP contribution in [0.4, 0.5) is 0 Å². The van der Waals surface area contributed by atoms with E-state index in [2.05, 4.69) is 0 Å². The second-order valence-corrected chi connectivity index (χ2v) is 4.93. The molecule has 112 valence electrons. The van der Waals surface area contributed by atoms with Gasteiger partial charge in [-0.05, 0) is 17.7 Å². The Kier molecular flexibility index (Phi) is 4.73. The zero-order chi connectivity index (χ0) is 16.1. The first-order chi connectivity index (χ1) is 10.5. The molecule has 0 saturated carbocycles. The number of phenols is 1. The van der Waals surface area contributed by atoms with Crippen LogP contribution in [0, 0.1) is 5.92 Å². The molecule has 2 rings (SSSR count). The number of Topliss-reactive ketones (excluding diaryl/α,β-unsaturated/α-hetero) is 1. The van der Waals surface area contributed by atoms with Gasteiger partial charge in [-0.1, -0.05) is 55.5 Å². The van der Waals surface area contributed by atoms with Crippen LogP contribution in [0.25, 0.3) is 6.08 Å². The summed E-state index contributed by atoms with van der Waals surface area (Å²) in [5.74, 6) is -2.55. The first-order valence-electron chi connectivity index (χ1n) is 6.83. The lowest BCUT2D eigenvalue weighted by atomic mass is 9.96. The highest BCUT2D eigenvalue weighted by Crippen LogP contribution is 2.25. The maximum Gasteiger partial charge on any atom is 0.339 e. The van der Waals surface area contributed by atoms with E-state index in [0.29, 0.717) is 0 Å². The van der Waals surface area contributed by atoms with E-state index in [0.717, 1.165) is 5.56 Å². The number of hydrogen-bond acceptors (Lipinski definition) is 3. The monoisotopic (exact) mass is 296 g/mol. The van der Waals surface area contributed by atoms with Crippen molar-refractivity contribution < 1.29 is 19.8 Å². The number of para-hydroxylation sites is 1. The second kappa shape index (κ2) is 6.72. The lowest BCUT2D eigenvalue weighted by Gasteiger charge is -2.09. The second-order valence-electron chi connectivity index (χ2n) is 4.93. The summed E-state index contributed by atoms with van der Waals surface area (Å²) in [5, 5.41) is 18.9. The number of benzene rings is 2. The van der Waals surface area contributed by atoms with Crippen LogP contribution in [0.3, 0.4) is 0 Å². The van der Waals surface area contributed by atoms with Crippen molar-refractivity contribution in [2.75, 3.05) is 0 Å². The summed E-state index contributed by atoms with van der Waals surface area (Å²) in [6.45, 7) is 1.70. The summed E-state index contributed by atoms with van der Waals surface area (Å²) >= 11 is 0. The van der Waals surface area contributed by atoms with Crippen molar-refractivity contribution in [3.63, 3.8) is 0 Å². The van der Waals surface area contributed by atoms with Crippen LogP contribution >= 0.6 is 0 Å². The van der Waals surface area contributed by atoms with Gasteiger partial charge in [-0.15, -0.1) is 0 Å². The number of carboxylic acids is 1. The highest BCUT2D eigenvalue weighted by atomic mass is 16.4. The predicted molar refractivity (Wildman–Crippen MR) is 84.0 cm³/mol. The number of carboxylic acid groups (broad SMARTS) is 1. The van der Waals surface area contributed by atoms with Crippen LogP contribution in [0.15, 0.2) is 54.6 Å². The van der Waals surface area contributed by atoms with Crippen LogP contribution < -0.4 is 0 Å². The van der Waals surface area contributed by atoms with E-state index >= 15 is 0 Å². The Bertz CT molecular complexity index is 717. The zero-order valence-electron chi connectivity index (χ0n) is 12.1. The first-order valence-corrected chi connectivity index (χ1v) is 6.83. The minimum absolute atomic E-state index is 0.0186. The van der Waals surface area contributed by atoms with Crippen LogP contribution in [-0.2, 0) is 0 Å². The van der Waals surface area contributed by atoms with E-state index in [1.807, 2.05) is 36.4 Å². The number of ketones is 1. The Morgan fingerprint density at radius 3 is 2.27 bits per heavy atom. The predicted octanol–water partition coefficient (Wildman–Crippen LogP) is 3.62. The summed E-state index contributed by atoms with van der Waals surface area (Å²) in [6, 6.07) is 13.7. The number of aromatic hydroxyl groups is 1. The molecule has 0 amide bonds. The van der Waals surface area contributed by atoms with Crippen LogP contribution in [0.2, 0.25) is 0 Å². The number of carbonyl (C=O) groups is 2. The average molecular weight is 296 g/mol. The molecule has 22 heavy (non-hydrogen) atoms. The molecule has 0 aromatic heterocycles. The van der Waals surface area contributed by atoms with Crippen molar-refractivity contribution >= 4 is 17.8 Å². The van der Waals surface area contributed by atoms with Gasteiger partial charge in [0.25, 0.3) is 0 Å². The van der Waals surface area contributed by atoms with Gasteiger partial charge in [0.15, 0.2) is 5.78 Å². The zero-order valence-corrected chi connectivity index (χ0v) is 12.1. The van der Waals surface area contributed by atoms with Crippen molar-refractivity contribution in [1.82, 2.24) is 0 Å². The van der Waals surface area contributed by atoms with Gasteiger partial charge in [-0.2, -0.15) is 0 Å². The average Bonchev–Trinajstić information content (AvgIpc) is 2.53. The highest BCUT2D eigenvalue weighted by molar-refractivity contribution is 6.04. The maximum absolute atomic E-state index is 12.4. The lowest BCUT2D eigenvalue weighted by molar-refractivity contribution is 0.0693. The number of allylic oxidation sites excluding steroid dienone is 1. The van der Waals surface area contributed by atoms with Crippen molar-refractivity contribution in [1.29, 1.82) is 0 Å². The normalized spacial score (nSPS) is 12.2. The van der Waals surface area contributed by atoms with Gasteiger partial charge in [0.2, 0.25) is 0 Å². The molecule has 1 atom stereocenters. The highest BCUT2D eigenvalue weighted by Gasteiger charge is 2.20.